The van der Waals surface area contributed by atoms with Crippen molar-refractivity contribution in [2.24, 2.45) is 0 Å². The number of piperidine rings is 1. The van der Waals surface area contributed by atoms with Crippen molar-refractivity contribution < 1.29 is 9.59 Å². The molecule has 0 radical (unpaired) electrons. The predicted octanol–water partition coefficient (Wildman–Crippen LogP) is 4.49. The Kier molecular flexibility index (Phi) is 6.69. The minimum atomic E-state index is -0.160. The normalized spacial score (nSPS) is 17.9. The molecule has 184 valence electrons. The Bertz CT molecular complexity index is 1400. The maximum Gasteiger partial charge on any atom is 0.254 e. The topological polar surface area (TPSA) is 93.0 Å². The predicted molar refractivity (Wildman–Crippen MR) is 138 cm³/mol. The van der Waals surface area contributed by atoms with Crippen LogP contribution in [0.5, 0.6) is 0 Å². The van der Waals surface area contributed by atoms with E-state index in [1.165, 1.54) is 0 Å². The number of halogens is 1. The number of amides is 2. The first-order chi connectivity index (χ1) is 17.4. The summed E-state index contributed by atoms with van der Waals surface area (Å²) in [5.41, 5.74) is 3.22. The minimum absolute atomic E-state index is 0.0660. The smallest absolute Gasteiger partial charge is 0.254 e. The number of rotatable bonds is 5. The fraction of sp³-hybridized carbons (Fsp3) is 0.296. The summed E-state index contributed by atoms with van der Waals surface area (Å²) >= 11 is 6.40. The van der Waals surface area contributed by atoms with Crippen LogP contribution in [0.3, 0.4) is 0 Å². The molecule has 2 aromatic heterocycles. The van der Waals surface area contributed by atoms with E-state index in [9.17, 15) is 9.59 Å². The first-order valence-corrected chi connectivity index (χ1v) is 12.4. The van der Waals surface area contributed by atoms with Crippen LogP contribution in [0.25, 0.3) is 11.0 Å². The Labute approximate surface area is 214 Å². The van der Waals surface area contributed by atoms with Gasteiger partial charge in [-0.2, -0.15) is 5.10 Å². The number of benzene rings is 2. The zero-order valence-corrected chi connectivity index (χ0v) is 20.9. The van der Waals surface area contributed by atoms with Crippen LogP contribution in [0.15, 0.2) is 67.3 Å². The highest BCUT2D eigenvalue weighted by Crippen LogP contribution is 2.30. The van der Waals surface area contributed by atoms with Crippen LogP contribution in [-0.4, -0.2) is 55.6 Å². The summed E-state index contributed by atoms with van der Waals surface area (Å²) in [6, 6.07) is 13.4. The van der Waals surface area contributed by atoms with Crippen molar-refractivity contribution in [3.8, 4) is 0 Å². The second-order valence-electron chi connectivity index (χ2n) is 9.32. The molecule has 1 N–H and O–H groups in total. The molecule has 3 heterocycles. The van der Waals surface area contributed by atoms with Crippen LogP contribution >= 0.6 is 11.6 Å². The molecule has 1 saturated heterocycles. The van der Waals surface area contributed by atoms with Gasteiger partial charge in [-0.3, -0.25) is 24.2 Å². The van der Waals surface area contributed by atoms with Crippen LogP contribution in [0, 0.1) is 0 Å². The number of aromatic nitrogens is 4. The summed E-state index contributed by atoms with van der Waals surface area (Å²) in [7, 11) is 0. The van der Waals surface area contributed by atoms with Crippen molar-refractivity contribution in [1.82, 2.24) is 30.0 Å². The average Bonchev–Trinajstić information content (AvgIpc) is 3.40. The number of carbonyl (C=O) groups is 2. The number of hydrogen-bond acceptors (Lipinski definition) is 5. The second-order valence-corrected chi connectivity index (χ2v) is 9.73. The molecule has 0 unspecified atom stereocenters. The van der Waals surface area contributed by atoms with E-state index < -0.39 is 0 Å². The molecule has 0 spiro atoms. The van der Waals surface area contributed by atoms with Crippen molar-refractivity contribution in [2.45, 2.75) is 38.3 Å². The van der Waals surface area contributed by atoms with Gasteiger partial charge < -0.3 is 10.2 Å². The molecule has 0 aliphatic carbocycles. The Balaban J connectivity index is 1.38. The van der Waals surface area contributed by atoms with E-state index in [0.717, 1.165) is 5.56 Å². The lowest BCUT2D eigenvalue weighted by Gasteiger charge is -2.39. The average molecular weight is 503 g/mol. The molecule has 2 amide bonds. The number of nitrogens with zero attached hydrogens (tertiary/aromatic N) is 5. The van der Waals surface area contributed by atoms with Gasteiger partial charge in [-0.1, -0.05) is 41.9 Å². The van der Waals surface area contributed by atoms with E-state index >= 15 is 0 Å². The van der Waals surface area contributed by atoms with Gasteiger partial charge in [-0.15, -0.1) is 0 Å². The summed E-state index contributed by atoms with van der Waals surface area (Å²) < 4.78 is 1.77. The third-order valence-corrected chi connectivity index (χ3v) is 6.90. The number of carbonyl (C=O) groups excluding carboxylic acids is 2. The van der Waals surface area contributed by atoms with Gasteiger partial charge in [0.2, 0.25) is 0 Å². The first kappa shape index (κ1) is 23.9. The summed E-state index contributed by atoms with van der Waals surface area (Å²) in [6.45, 7) is 5.01. The van der Waals surface area contributed by atoms with Crippen LogP contribution in [0.2, 0.25) is 5.02 Å². The van der Waals surface area contributed by atoms with E-state index in [1.54, 1.807) is 41.6 Å². The maximum absolute atomic E-state index is 13.5. The van der Waals surface area contributed by atoms with E-state index in [2.05, 4.69) is 20.4 Å². The minimum Gasteiger partial charge on any atom is -0.348 e. The molecule has 36 heavy (non-hydrogen) atoms. The Morgan fingerprint density at radius 1 is 1.08 bits per heavy atom. The highest BCUT2D eigenvalue weighted by atomic mass is 35.5. The van der Waals surface area contributed by atoms with E-state index in [-0.39, 0.29) is 29.8 Å². The summed E-state index contributed by atoms with van der Waals surface area (Å²) in [5.74, 6) is -0.343. The molecular weight excluding hydrogens is 476 g/mol. The molecule has 2 atom stereocenters. The molecule has 1 aliphatic heterocycles. The lowest BCUT2D eigenvalue weighted by atomic mass is 9.85. The molecule has 9 heteroatoms. The van der Waals surface area contributed by atoms with Crippen LogP contribution in [0.1, 0.15) is 58.5 Å². The first-order valence-electron chi connectivity index (χ1n) is 12.0. The van der Waals surface area contributed by atoms with Gasteiger partial charge >= 0.3 is 0 Å². The highest BCUT2D eigenvalue weighted by Gasteiger charge is 2.34. The lowest BCUT2D eigenvalue weighted by molar-refractivity contribution is 0.0671. The fourth-order valence-corrected chi connectivity index (χ4v) is 4.94. The molecule has 5 rings (SSSR count). The Morgan fingerprint density at radius 2 is 1.86 bits per heavy atom. The van der Waals surface area contributed by atoms with Crippen LogP contribution < -0.4 is 5.32 Å². The zero-order valence-electron chi connectivity index (χ0n) is 20.1. The van der Waals surface area contributed by atoms with Gasteiger partial charge in [0.15, 0.2) is 0 Å². The standard InChI is InChI=1S/C27H27ClN6O2/c1-17(2)34-15-20(14-31-34)26(35)32-23-8-11-33(16-21(23)18-6-4-3-5-7-18)27(36)19-12-22(28)25-24(13-19)29-9-10-30-25/h3-7,9-10,12-15,17,21,23H,8,11,16H2,1-2H3,(H,32,35)/t21-,23-/m1/s1. The largest absolute Gasteiger partial charge is 0.348 e. The summed E-state index contributed by atoms with van der Waals surface area (Å²) in [6.07, 6.45) is 7.14. The number of hydrogen-bond donors (Lipinski definition) is 1. The quantitative estimate of drug-likeness (QED) is 0.434. The lowest BCUT2D eigenvalue weighted by Crippen LogP contribution is -2.51. The third-order valence-electron chi connectivity index (χ3n) is 6.61. The summed E-state index contributed by atoms with van der Waals surface area (Å²) in [5, 5.41) is 7.88. The molecular formula is C27H27ClN6O2. The van der Waals surface area contributed by atoms with Crippen molar-refractivity contribution in [2.75, 3.05) is 13.1 Å². The fourth-order valence-electron chi connectivity index (χ4n) is 4.67. The Morgan fingerprint density at radius 3 is 2.61 bits per heavy atom. The number of nitrogens with one attached hydrogen (secondary N) is 1. The van der Waals surface area contributed by atoms with Crippen molar-refractivity contribution in [3.05, 3.63) is 89.0 Å². The second kappa shape index (κ2) is 10.1. The van der Waals surface area contributed by atoms with Gasteiger partial charge in [-0.25, -0.2) is 0 Å². The van der Waals surface area contributed by atoms with Gasteiger partial charge in [0.05, 0.1) is 22.3 Å². The number of fused-ring (bicyclic) bond motifs is 1. The highest BCUT2D eigenvalue weighted by molar-refractivity contribution is 6.35. The van der Waals surface area contributed by atoms with Gasteiger partial charge in [-0.05, 0) is 38.0 Å². The van der Waals surface area contributed by atoms with Gasteiger partial charge in [0.1, 0.15) is 5.52 Å². The van der Waals surface area contributed by atoms with Crippen LogP contribution in [-0.2, 0) is 0 Å². The molecule has 8 nitrogen and oxygen atoms in total. The van der Waals surface area contributed by atoms with E-state index in [0.29, 0.717) is 46.7 Å². The molecule has 0 bridgehead atoms. The molecule has 2 aromatic carbocycles. The zero-order chi connectivity index (χ0) is 25.2. The van der Waals surface area contributed by atoms with E-state index in [1.807, 2.05) is 49.1 Å². The SMILES string of the molecule is CC(C)n1cc(C(=O)N[C@@H]2CCN(C(=O)c3cc(Cl)c4nccnc4c3)C[C@@H]2c2ccccc2)cn1. The van der Waals surface area contributed by atoms with Crippen molar-refractivity contribution >= 4 is 34.4 Å². The third kappa shape index (κ3) is 4.81. The van der Waals surface area contributed by atoms with Crippen molar-refractivity contribution in [3.63, 3.8) is 0 Å². The monoisotopic (exact) mass is 502 g/mol. The summed E-state index contributed by atoms with van der Waals surface area (Å²) in [4.78, 5) is 36.9. The Hall–Kier alpha value is -3.78. The molecule has 1 fully saturated rings. The van der Waals surface area contributed by atoms with E-state index in [4.69, 9.17) is 11.6 Å². The maximum atomic E-state index is 13.5. The number of likely N-dealkylation sites (tertiary alicyclic amines) is 1. The molecule has 0 saturated carbocycles. The van der Waals surface area contributed by atoms with Gasteiger partial charge in [0, 0.05) is 55.2 Å². The molecule has 4 aromatic rings. The van der Waals surface area contributed by atoms with Crippen molar-refractivity contribution in [1.29, 1.82) is 0 Å². The van der Waals surface area contributed by atoms with Crippen LogP contribution in [0.4, 0.5) is 0 Å². The molecule has 1 aliphatic rings. The van der Waals surface area contributed by atoms with Gasteiger partial charge in [0.25, 0.3) is 11.8 Å².